The molecule has 1 aromatic rings. The number of hydrogen-bond donors (Lipinski definition) is 1. The summed E-state index contributed by atoms with van der Waals surface area (Å²) in [6.07, 6.45) is 8.15. The Morgan fingerprint density at radius 2 is 2.35 bits per heavy atom. The average molecular weight is 276 g/mol. The maximum atomic E-state index is 12.2. The summed E-state index contributed by atoms with van der Waals surface area (Å²) in [5.41, 5.74) is 0. The van der Waals surface area contributed by atoms with Gasteiger partial charge in [-0.05, 0) is 25.2 Å². The van der Waals surface area contributed by atoms with Crippen LogP contribution in [0.2, 0.25) is 0 Å². The van der Waals surface area contributed by atoms with Crippen molar-refractivity contribution < 1.29 is 4.79 Å². The van der Waals surface area contributed by atoms with Crippen LogP contribution in [-0.4, -0.2) is 35.5 Å². The zero-order chi connectivity index (χ0) is 14.4. The lowest BCUT2D eigenvalue weighted by atomic mass is 9.97. The zero-order valence-corrected chi connectivity index (χ0v) is 12.4. The molecule has 1 atom stereocenters. The Morgan fingerprint density at radius 3 is 3.05 bits per heavy atom. The van der Waals surface area contributed by atoms with Crippen molar-refractivity contribution in [2.75, 3.05) is 24.5 Å². The van der Waals surface area contributed by atoms with Gasteiger partial charge in [-0.3, -0.25) is 9.78 Å². The second-order valence-electron chi connectivity index (χ2n) is 5.82. The van der Waals surface area contributed by atoms with E-state index in [0.29, 0.717) is 5.92 Å². The second kappa shape index (κ2) is 7.22. The van der Waals surface area contributed by atoms with Crippen molar-refractivity contribution in [1.82, 2.24) is 15.3 Å². The maximum Gasteiger partial charge on any atom is 0.224 e. The highest BCUT2D eigenvalue weighted by molar-refractivity contribution is 5.79. The molecule has 0 bridgehead atoms. The van der Waals surface area contributed by atoms with Gasteiger partial charge in [0.2, 0.25) is 5.91 Å². The zero-order valence-electron chi connectivity index (χ0n) is 12.4. The molecule has 0 radical (unpaired) electrons. The molecule has 5 heteroatoms. The predicted molar refractivity (Wildman–Crippen MR) is 79.4 cm³/mol. The third-order valence-corrected chi connectivity index (χ3v) is 3.69. The van der Waals surface area contributed by atoms with Gasteiger partial charge in [-0.15, -0.1) is 0 Å². The van der Waals surface area contributed by atoms with E-state index in [1.54, 1.807) is 18.6 Å². The Morgan fingerprint density at radius 1 is 1.50 bits per heavy atom. The summed E-state index contributed by atoms with van der Waals surface area (Å²) in [6, 6.07) is 0. The smallest absolute Gasteiger partial charge is 0.224 e. The summed E-state index contributed by atoms with van der Waals surface area (Å²) in [7, 11) is 0. The number of rotatable bonds is 5. The van der Waals surface area contributed by atoms with Gasteiger partial charge in [0.15, 0.2) is 0 Å². The minimum Gasteiger partial charge on any atom is -0.356 e. The lowest BCUT2D eigenvalue weighted by Gasteiger charge is -2.32. The molecule has 0 saturated carbocycles. The van der Waals surface area contributed by atoms with Gasteiger partial charge in [-0.1, -0.05) is 13.8 Å². The molecular weight excluding hydrogens is 252 g/mol. The monoisotopic (exact) mass is 276 g/mol. The van der Waals surface area contributed by atoms with Gasteiger partial charge in [-0.2, -0.15) is 0 Å². The highest BCUT2D eigenvalue weighted by Crippen LogP contribution is 2.20. The molecule has 1 unspecified atom stereocenters. The molecule has 110 valence electrons. The van der Waals surface area contributed by atoms with Gasteiger partial charge in [0, 0.05) is 32.0 Å². The van der Waals surface area contributed by atoms with Gasteiger partial charge in [0.1, 0.15) is 5.82 Å². The van der Waals surface area contributed by atoms with E-state index in [0.717, 1.165) is 44.7 Å². The molecule has 5 nitrogen and oxygen atoms in total. The molecule has 2 heterocycles. The van der Waals surface area contributed by atoms with E-state index in [1.807, 2.05) is 0 Å². The number of carbonyl (C=O) groups excluding carboxylic acids is 1. The third-order valence-electron chi connectivity index (χ3n) is 3.69. The summed E-state index contributed by atoms with van der Waals surface area (Å²) in [5.74, 6) is 1.74. The molecule has 0 spiro atoms. The minimum atomic E-state index is 0.0675. The summed E-state index contributed by atoms with van der Waals surface area (Å²) < 4.78 is 0. The number of carbonyl (C=O) groups is 1. The quantitative estimate of drug-likeness (QED) is 0.891. The highest BCUT2D eigenvalue weighted by atomic mass is 16.1. The Hall–Kier alpha value is -1.65. The molecule has 1 N–H and O–H groups in total. The Bertz CT molecular complexity index is 421. The summed E-state index contributed by atoms with van der Waals surface area (Å²) in [5, 5.41) is 3.05. The number of piperidine rings is 1. The van der Waals surface area contributed by atoms with Gasteiger partial charge in [0.25, 0.3) is 0 Å². The summed E-state index contributed by atoms with van der Waals surface area (Å²) in [6.45, 7) is 6.81. The largest absolute Gasteiger partial charge is 0.356 e. The molecule has 1 aliphatic heterocycles. The van der Waals surface area contributed by atoms with Crippen molar-refractivity contribution in [3.05, 3.63) is 18.6 Å². The fraction of sp³-hybridized carbons (Fsp3) is 0.667. The molecule has 20 heavy (non-hydrogen) atoms. The molecule has 1 amide bonds. The van der Waals surface area contributed by atoms with Gasteiger partial charge < -0.3 is 10.2 Å². The first-order valence-corrected chi connectivity index (χ1v) is 7.45. The number of aromatic nitrogens is 2. The lowest BCUT2D eigenvalue weighted by molar-refractivity contribution is -0.125. The molecule has 0 aliphatic carbocycles. The topological polar surface area (TPSA) is 58.1 Å². The van der Waals surface area contributed by atoms with Crippen molar-refractivity contribution in [2.45, 2.75) is 33.1 Å². The molecular formula is C15H24N4O. The minimum absolute atomic E-state index is 0.0675. The Kier molecular flexibility index (Phi) is 5.32. The fourth-order valence-corrected chi connectivity index (χ4v) is 2.48. The molecule has 1 aromatic heterocycles. The summed E-state index contributed by atoms with van der Waals surface area (Å²) in [4.78, 5) is 22.7. The Balaban J connectivity index is 1.85. The molecule has 1 fully saturated rings. The first-order valence-electron chi connectivity index (χ1n) is 7.45. The third kappa shape index (κ3) is 4.18. The van der Waals surface area contributed by atoms with Gasteiger partial charge in [-0.25, -0.2) is 4.98 Å². The fourth-order valence-electron chi connectivity index (χ4n) is 2.48. The van der Waals surface area contributed by atoms with Crippen LogP contribution in [0.25, 0.3) is 0 Å². The van der Waals surface area contributed by atoms with E-state index in [-0.39, 0.29) is 11.8 Å². The SMILES string of the molecule is CC(C)CCNC(=O)C1CCCN(c2cnccn2)C1. The van der Waals surface area contributed by atoms with E-state index in [1.165, 1.54) is 0 Å². The van der Waals surface area contributed by atoms with Gasteiger partial charge in [0.05, 0.1) is 12.1 Å². The van der Waals surface area contributed by atoms with Crippen molar-refractivity contribution in [3.63, 3.8) is 0 Å². The van der Waals surface area contributed by atoms with Crippen LogP contribution in [0.15, 0.2) is 18.6 Å². The van der Waals surface area contributed by atoms with E-state index >= 15 is 0 Å². The van der Waals surface area contributed by atoms with Crippen LogP contribution < -0.4 is 10.2 Å². The molecule has 1 aliphatic rings. The first-order chi connectivity index (χ1) is 9.66. The normalized spacial score (nSPS) is 19.1. The number of anilines is 1. The Labute approximate surface area is 120 Å². The van der Waals surface area contributed by atoms with Crippen LogP contribution in [0, 0.1) is 11.8 Å². The van der Waals surface area contributed by atoms with Crippen LogP contribution in [0.3, 0.4) is 0 Å². The number of nitrogens with zero attached hydrogens (tertiary/aromatic N) is 3. The molecule has 2 rings (SSSR count). The van der Waals surface area contributed by atoms with E-state index in [2.05, 4.69) is 34.0 Å². The van der Waals surface area contributed by atoms with Crippen LogP contribution in [0.1, 0.15) is 33.1 Å². The average Bonchev–Trinajstić information content (AvgIpc) is 2.48. The number of amides is 1. The van der Waals surface area contributed by atoms with Crippen LogP contribution in [0.4, 0.5) is 5.82 Å². The number of nitrogens with one attached hydrogen (secondary N) is 1. The second-order valence-corrected chi connectivity index (χ2v) is 5.82. The van der Waals surface area contributed by atoms with Gasteiger partial charge >= 0.3 is 0 Å². The lowest BCUT2D eigenvalue weighted by Crippen LogP contribution is -2.43. The van der Waals surface area contributed by atoms with E-state index in [9.17, 15) is 4.79 Å². The van der Waals surface area contributed by atoms with Crippen LogP contribution in [-0.2, 0) is 4.79 Å². The maximum absolute atomic E-state index is 12.2. The number of hydrogen-bond acceptors (Lipinski definition) is 4. The van der Waals surface area contributed by atoms with Crippen molar-refractivity contribution in [3.8, 4) is 0 Å². The standard InChI is InChI=1S/C15H24N4O/c1-12(2)5-6-18-15(20)13-4-3-9-19(11-13)14-10-16-7-8-17-14/h7-8,10,12-13H,3-6,9,11H2,1-2H3,(H,18,20). The molecule has 1 saturated heterocycles. The summed E-state index contributed by atoms with van der Waals surface area (Å²) >= 11 is 0. The predicted octanol–water partition coefficient (Wildman–Crippen LogP) is 1.86. The van der Waals surface area contributed by atoms with E-state index in [4.69, 9.17) is 0 Å². The molecule has 0 aromatic carbocycles. The van der Waals surface area contributed by atoms with Crippen LogP contribution in [0.5, 0.6) is 0 Å². The van der Waals surface area contributed by atoms with Crippen molar-refractivity contribution >= 4 is 11.7 Å². The first kappa shape index (κ1) is 14.8. The van der Waals surface area contributed by atoms with Crippen LogP contribution >= 0.6 is 0 Å². The van der Waals surface area contributed by atoms with E-state index < -0.39 is 0 Å². The van der Waals surface area contributed by atoms with Crippen molar-refractivity contribution in [1.29, 1.82) is 0 Å². The highest BCUT2D eigenvalue weighted by Gasteiger charge is 2.26. The van der Waals surface area contributed by atoms with Crippen molar-refractivity contribution in [2.24, 2.45) is 11.8 Å².